The van der Waals surface area contributed by atoms with Crippen molar-refractivity contribution in [1.82, 2.24) is 14.7 Å². The van der Waals surface area contributed by atoms with E-state index < -0.39 is 0 Å². The third-order valence-electron chi connectivity index (χ3n) is 6.49. The molecule has 0 spiro atoms. The summed E-state index contributed by atoms with van der Waals surface area (Å²) >= 11 is 0. The summed E-state index contributed by atoms with van der Waals surface area (Å²) in [6.07, 6.45) is 4.23. The van der Waals surface area contributed by atoms with Gasteiger partial charge >= 0.3 is 0 Å². The highest BCUT2D eigenvalue weighted by Crippen LogP contribution is 2.33. The van der Waals surface area contributed by atoms with E-state index in [1.54, 1.807) is 30.5 Å². The lowest BCUT2D eigenvalue weighted by Gasteiger charge is -2.36. The number of aromatic nitrogens is 2. The molecule has 0 saturated carbocycles. The van der Waals surface area contributed by atoms with Crippen LogP contribution in [0.2, 0.25) is 0 Å². The van der Waals surface area contributed by atoms with Gasteiger partial charge in [0.05, 0.1) is 12.2 Å². The first-order valence-electron chi connectivity index (χ1n) is 11.3. The molecule has 0 radical (unpaired) electrons. The van der Waals surface area contributed by atoms with Gasteiger partial charge in [-0.05, 0) is 56.0 Å². The number of hydrogen-bond acceptors (Lipinski definition) is 5. The number of hydrogen-bond donors (Lipinski definition) is 1. The lowest BCUT2D eigenvalue weighted by atomic mass is 10.00. The van der Waals surface area contributed by atoms with Crippen LogP contribution >= 0.6 is 0 Å². The molecule has 3 heterocycles. The average Bonchev–Trinajstić information content (AvgIpc) is 3.49. The fraction of sp³-hybridized carbons (Fsp3) is 0.360. The number of likely N-dealkylation sites (tertiary alicyclic amines) is 1. The minimum Gasteiger partial charge on any atom is -0.454 e. The predicted molar refractivity (Wildman–Crippen MR) is 122 cm³/mol. The number of rotatable bonds is 6. The summed E-state index contributed by atoms with van der Waals surface area (Å²) in [5, 5.41) is 7.46. The van der Waals surface area contributed by atoms with E-state index in [0.29, 0.717) is 29.3 Å². The first-order chi connectivity index (χ1) is 16.1. The molecule has 1 amide bonds. The molecule has 0 aliphatic carbocycles. The van der Waals surface area contributed by atoms with Crippen molar-refractivity contribution in [1.29, 1.82) is 0 Å². The molecule has 1 aromatic heterocycles. The minimum absolute atomic E-state index is 0.140. The summed E-state index contributed by atoms with van der Waals surface area (Å²) < 4.78 is 26.6. The molecular formula is C25H27FN4O3. The molecule has 7 nitrogen and oxygen atoms in total. The van der Waals surface area contributed by atoms with Gasteiger partial charge in [0.1, 0.15) is 11.6 Å². The molecule has 5 rings (SSSR count). The highest BCUT2D eigenvalue weighted by Gasteiger charge is 2.26. The van der Waals surface area contributed by atoms with Crippen molar-refractivity contribution in [3.63, 3.8) is 0 Å². The summed E-state index contributed by atoms with van der Waals surface area (Å²) in [6.45, 7) is 4.12. The summed E-state index contributed by atoms with van der Waals surface area (Å²) in [6, 6.07) is 14.4. The number of anilines is 1. The standard InChI is InChI=1S/C25H27FN4O3/c1-17(14-18-4-2-3-5-21(18)26)29-12-9-20(10-13-29)30-24(8-11-27-30)28-25(31)19-6-7-22-23(15-19)33-16-32-22/h2-8,11,15,17,20H,9-10,12-14,16H2,1H3,(H,28,31)/t17-/m0/s1. The third-order valence-corrected chi connectivity index (χ3v) is 6.49. The van der Waals surface area contributed by atoms with Gasteiger partial charge in [0.2, 0.25) is 6.79 Å². The van der Waals surface area contributed by atoms with Gasteiger partial charge in [-0.15, -0.1) is 0 Å². The number of nitrogens with one attached hydrogen (secondary N) is 1. The van der Waals surface area contributed by atoms with Gasteiger partial charge in [-0.1, -0.05) is 18.2 Å². The SMILES string of the molecule is C[C@@H](Cc1ccccc1F)N1CCC(n2nccc2NC(=O)c2ccc3c(c2)OCO3)CC1. The molecule has 1 atom stereocenters. The monoisotopic (exact) mass is 450 g/mol. The number of piperidine rings is 1. The number of carbonyl (C=O) groups excluding carboxylic acids is 1. The van der Waals surface area contributed by atoms with Crippen LogP contribution in [0, 0.1) is 5.82 Å². The topological polar surface area (TPSA) is 68.6 Å². The van der Waals surface area contributed by atoms with E-state index in [-0.39, 0.29) is 30.6 Å². The van der Waals surface area contributed by atoms with Crippen LogP contribution in [0.5, 0.6) is 11.5 Å². The second-order valence-corrected chi connectivity index (χ2v) is 8.59. The first-order valence-corrected chi connectivity index (χ1v) is 11.3. The van der Waals surface area contributed by atoms with Crippen molar-refractivity contribution in [2.45, 2.75) is 38.3 Å². The molecule has 33 heavy (non-hydrogen) atoms. The van der Waals surface area contributed by atoms with E-state index in [1.807, 2.05) is 22.9 Å². The second kappa shape index (κ2) is 9.23. The van der Waals surface area contributed by atoms with Gasteiger partial charge in [-0.3, -0.25) is 4.79 Å². The molecule has 0 unspecified atom stereocenters. The van der Waals surface area contributed by atoms with Crippen molar-refractivity contribution >= 4 is 11.7 Å². The molecular weight excluding hydrogens is 423 g/mol. The zero-order chi connectivity index (χ0) is 22.8. The normalized spacial score (nSPS) is 17.2. The van der Waals surface area contributed by atoms with Crippen molar-refractivity contribution in [3.8, 4) is 11.5 Å². The summed E-state index contributed by atoms with van der Waals surface area (Å²) in [5.74, 6) is 1.54. The van der Waals surface area contributed by atoms with Crippen LogP contribution < -0.4 is 14.8 Å². The molecule has 2 aliphatic rings. The number of halogens is 1. The molecule has 172 valence electrons. The van der Waals surface area contributed by atoms with E-state index in [4.69, 9.17) is 9.47 Å². The molecule has 1 N–H and O–H groups in total. The first kappa shape index (κ1) is 21.5. The van der Waals surface area contributed by atoms with Crippen molar-refractivity contribution in [3.05, 3.63) is 71.7 Å². The van der Waals surface area contributed by atoms with Crippen LogP contribution in [0.3, 0.4) is 0 Å². The van der Waals surface area contributed by atoms with Crippen LogP contribution in [-0.4, -0.2) is 46.5 Å². The molecule has 2 aromatic carbocycles. The van der Waals surface area contributed by atoms with E-state index in [0.717, 1.165) is 31.5 Å². The Labute approximate surface area is 192 Å². The molecule has 3 aromatic rings. The van der Waals surface area contributed by atoms with Gasteiger partial charge in [-0.2, -0.15) is 5.10 Å². The molecule has 0 bridgehead atoms. The highest BCUT2D eigenvalue weighted by molar-refractivity contribution is 6.04. The number of benzene rings is 2. The Morgan fingerprint density at radius 1 is 1.15 bits per heavy atom. The van der Waals surface area contributed by atoms with Gasteiger partial charge in [-0.25, -0.2) is 9.07 Å². The summed E-state index contributed by atoms with van der Waals surface area (Å²) in [7, 11) is 0. The number of amides is 1. The highest BCUT2D eigenvalue weighted by atomic mass is 19.1. The maximum atomic E-state index is 14.0. The van der Waals surface area contributed by atoms with Gasteiger partial charge in [0.15, 0.2) is 11.5 Å². The van der Waals surface area contributed by atoms with E-state index in [9.17, 15) is 9.18 Å². The van der Waals surface area contributed by atoms with Crippen LogP contribution in [0.1, 0.15) is 41.7 Å². The lowest BCUT2D eigenvalue weighted by molar-refractivity contribution is 0.102. The van der Waals surface area contributed by atoms with E-state index in [1.165, 1.54) is 6.07 Å². The fourth-order valence-electron chi connectivity index (χ4n) is 4.61. The Morgan fingerprint density at radius 2 is 1.94 bits per heavy atom. The number of fused-ring (bicyclic) bond motifs is 1. The Morgan fingerprint density at radius 3 is 2.76 bits per heavy atom. The van der Waals surface area contributed by atoms with E-state index >= 15 is 0 Å². The number of ether oxygens (including phenoxy) is 2. The Kier molecular flexibility index (Phi) is 6.00. The Bertz CT molecular complexity index is 1140. The summed E-state index contributed by atoms with van der Waals surface area (Å²) in [4.78, 5) is 15.2. The van der Waals surface area contributed by atoms with Crippen LogP contribution in [0.25, 0.3) is 0 Å². The molecule has 1 saturated heterocycles. The third kappa shape index (κ3) is 4.57. The zero-order valence-corrected chi connectivity index (χ0v) is 18.5. The van der Waals surface area contributed by atoms with E-state index in [2.05, 4.69) is 22.2 Å². The lowest BCUT2D eigenvalue weighted by Crippen LogP contribution is -2.41. The van der Waals surface area contributed by atoms with Crippen molar-refractivity contribution < 1.29 is 18.7 Å². The molecule has 8 heteroatoms. The van der Waals surface area contributed by atoms with Crippen molar-refractivity contribution in [2.24, 2.45) is 0 Å². The largest absolute Gasteiger partial charge is 0.454 e. The maximum Gasteiger partial charge on any atom is 0.256 e. The Balaban J connectivity index is 1.19. The quantitative estimate of drug-likeness (QED) is 0.608. The second-order valence-electron chi connectivity index (χ2n) is 8.59. The van der Waals surface area contributed by atoms with Crippen LogP contribution in [0.15, 0.2) is 54.7 Å². The fourth-order valence-corrected chi connectivity index (χ4v) is 4.61. The Hall–Kier alpha value is -3.39. The van der Waals surface area contributed by atoms with Gasteiger partial charge in [0.25, 0.3) is 5.91 Å². The van der Waals surface area contributed by atoms with Crippen molar-refractivity contribution in [2.75, 3.05) is 25.2 Å². The number of carbonyl (C=O) groups is 1. The average molecular weight is 451 g/mol. The molecule has 1 fully saturated rings. The van der Waals surface area contributed by atoms with Gasteiger partial charge in [0, 0.05) is 30.8 Å². The smallest absolute Gasteiger partial charge is 0.256 e. The van der Waals surface area contributed by atoms with Gasteiger partial charge < -0.3 is 19.7 Å². The van der Waals surface area contributed by atoms with Crippen LogP contribution in [-0.2, 0) is 6.42 Å². The predicted octanol–water partition coefficient (Wildman–Crippen LogP) is 4.27. The van der Waals surface area contributed by atoms with Crippen LogP contribution in [0.4, 0.5) is 10.2 Å². The maximum absolute atomic E-state index is 14.0. The molecule has 2 aliphatic heterocycles. The summed E-state index contributed by atoms with van der Waals surface area (Å²) in [5.41, 5.74) is 1.26. The number of nitrogens with zero attached hydrogens (tertiary/aromatic N) is 3. The zero-order valence-electron chi connectivity index (χ0n) is 18.5. The minimum atomic E-state index is -0.217.